The molecule has 0 saturated heterocycles. The maximum absolute atomic E-state index is 12.2. The molecule has 2 aromatic heterocycles. The van der Waals surface area contributed by atoms with Gasteiger partial charge in [-0.2, -0.15) is 5.10 Å². The molecule has 114 valence electrons. The Morgan fingerprint density at radius 2 is 2.04 bits per heavy atom. The first-order valence-electron chi connectivity index (χ1n) is 7.57. The fourth-order valence-corrected chi connectivity index (χ4v) is 2.82. The Hall–Kier alpha value is -3.08. The van der Waals surface area contributed by atoms with Crippen molar-refractivity contribution in [3.8, 4) is 0 Å². The van der Waals surface area contributed by atoms with Gasteiger partial charge in [-0.3, -0.25) is 9.89 Å². The largest absolute Gasteiger partial charge is 0.361 e. The number of anilines is 1. The van der Waals surface area contributed by atoms with Crippen LogP contribution in [0.25, 0.3) is 21.8 Å². The molecule has 4 rings (SSSR count). The number of aromatic nitrogens is 3. The van der Waals surface area contributed by atoms with Crippen molar-refractivity contribution in [3.63, 3.8) is 0 Å². The van der Waals surface area contributed by atoms with Crippen LogP contribution in [0.2, 0.25) is 0 Å². The number of aromatic amines is 2. The van der Waals surface area contributed by atoms with Crippen LogP contribution in [0.3, 0.4) is 0 Å². The van der Waals surface area contributed by atoms with E-state index in [0.717, 1.165) is 22.1 Å². The molecule has 3 N–H and O–H groups in total. The van der Waals surface area contributed by atoms with E-state index in [1.165, 1.54) is 10.9 Å². The average Bonchev–Trinajstić information content (AvgIpc) is 3.19. The molecule has 2 heterocycles. The van der Waals surface area contributed by atoms with E-state index in [9.17, 15) is 4.79 Å². The first-order chi connectivity index (χ1) is 11.3. The highest BCUT2D eigenvalue weighted by Crippen LogP contribution is 2.20. The number of fused-ring (bicyclic) bond motifs is 2. The van der Waals surface area contributed by atoms with Gasteiger partial charge in [0.2, 0.25) is 5.91 Å². The quantitative estimate of drug-likeness (QED) is 0.539. The molecule has 0 radical (unpaired) electrons. The molecule has 1 amide bonds. The normalized spacial score (nSPS) is 11.1. The van der Waals surface area contributed by atoms with Crippen molar-refractivity contribution in [2.75, 3.05) is 5.32 Å². The van der Waals surface area contributed by atoms with Crippen LogP contribution in [-0.2, 0) is 11.2 Å². The Balaban J connectivity index is 1.43. The number of hydrogen-bond acceptors (Lipinski definition) is 2. The number of nitrogens with zero attached hydrogens (tertiary/aromatic N) is 1. The number of benzene rings is 2. The number of rotatable bonds is 4. The second kappa shape index (κ2) is 5.61. The van der Waals surface area contributed by atoms with E-state index in [1.807, 2.05) is 42.6 Å². The van der Waals surface area contributed by atoms with Gasteiger partial charge < -0.3 is 10.3 Å². The van der Waals surface area contributed by atoms with Crippen LogP contribution in [0.4, 0.5) is 5.69 Å². The van der Waals surface area contributed by atoms with Gasteiger partial charge in [0, 0.05) is 34.6 Å². The highest BCUT2D eigenvalue weighted by molar-refractivity contribution is 5.94. The summed E-state index contributed by atoms with van der Waals surface area (Å²) < 4.78 is 0. The van der Waals surface area contributed by atoms with Gasteiger partial charge in [0.05, 0.1) is 11.7 Å². The van der Waals surface area contributed by atoms with Crippen molar-refractivity contribution in [1.29, 1.82) is 0 Å². The summed E-state index contributed by atoms with van der Waals surface area (Å²) in [7, 11) is 0. The predicted octanol–water partition coefficient (Wildman–Crippen LogP) is 3.62. The second-order valence-electron chi connectivity index (χ2n) is 5.58. The van der Waals surface area contributed by atoms with Crippen molar-refractivity contribution in [3.05, 3.63) is 60.4 Å². The number of carbonyl (C=O) groups excluding carboxylic acids is 1. The summed E-state index contributed by atoms with van der Waals surface area (Å²) in [5.74, 6) is 0.00847. The zero-order chi connectivity index (χ0) is 15.6. The van der Waals surface area contributed by atoms with Crippen LogP contribution in [0.5, 0.6) is 0 Å². The van der Waals surface area contributed by atoms with Crippen molar-refractivity contribution >= 4 is 33.4 Å². The molecule has 2 aromatic carbocycles. The average molecular weight is 304 g/mol. The van der Waals surface area contributed by atoms with Crippen LogP contribution in [0, 0.1) is 0 Å². The summed E-state index contributed by atoms with van der Waals surface area (Å²) >= 11 is 0. The van der Waals surface area contributed by atoms with E-state index in [0.29, 0.717) is 12.8 Å². The van der Waals surface area contributed by atoms with Gasteiger partial charge in [-0.15, -0.1) is 0 Å². The molecule has 0 fully saturated rings. The molecule has 0 bridgehead atoms. The minimum atomic E-state index is 0.00847. The third kappa shape index (κ3) is 2.68. The fraction of sp³-hybridized carbons (Fsp3) is 0.111. The molecule has 0 aliphatic carbocycles. The number of H-pyrrole nitrogens is 2. The minimum absolute atomic E-state index is 0.00847. The zero-order valence-corrected chi connectivity index (χ0v) is 12.5. The third-order valence-electron chi connectivity index (χ3n) is 4.02. The lowest BCUT2D eigenvalue weighted by Gasteiger charge is -2.05. The maximum atomic E-state index is 12.2. The Bertz CT molecular complexity index is 983. The lowest BCUT2D eigenvalue weighted by Crippen LogP contribution is -2.12. The molecule has 5 heteroatoms. The van der Waals surface area contributed by atoms with Crippen LogP contribution in [0.1, 0.15) is 12.0 Å². The zero-order valence-electron chi connectivity index (χ0n) is 12.5. The van der Waals surface area contributed by atoms with Crippen LogP contribution >= 0.6 is 0 Å². The topological polar surface area (TPSA) is 73.6 Å². The third-order valence-corrected chi connectivity index (χ3v) is 4.02. The van der Waals surface area contributed by atoms with Gasteiger partial charge in [-0.1, -0.05) is 18.2 Å². The van der Waals surface area contributed by atoms with Gasteiger partial charge in [0.15, 0.2) is 0 Å². The van der Waals surface area contributed by atoms with Gasteiger partial charge in [0.25, 0.3) is 0 Å². The Labute approximate surface area is 132 Å². The van der Waals surface area contributed by atoms with E-state index in [2.05, 4.69) is 26.6 Å². The van der Waals surface area contributed by atoms with Crippen LogP contribution < -0.4 is 5.32 Å². The van der Waals surface area contributed by atoms with Gasteiger partial charge >= 0.3 is 0 Å². The number of carbonyl (C=O) groups is 1. The molecule has 5 nitrogen and oxygen atoms in total. The molecular formula is C18H16N4O. The Kier molecular flexibility index (Phi) is 3.31. The molecule has 23 heavy (non-hydrogen) atoms. The van der Waals surface area contributed by atoms with Crippen molar-refractivity contribution < 1.29 is 4.79 Å². The van der Waals surface area contributed by atoms with E-state index in [-0.39, 0.29) is 5.91 Å². The second-order valence-corrected chi connectivity index (χ2v) is 5.58. The molecule has 0 unspecified atom stereocenters. The molecule has 0 atom stereocenters. The minimum Gasteiger partial charge on any atom is -0.361 e. The van der Waals surface area contributed by atoms with Crippen LogP contribution in [0.15, 0.2) is 54.9 Å². The lowest BCUT2D eigenvalue weighted by atomic mass is 10.1. The van der Waals surface area contributed by atoms with E-state index in [4.69, 9.17) is 0 Å². The number of aryl methyl sites for hydroxylation is 1. The summed E-state index contributed by atoms with van der Waals surface area (Å²) in [5.41, 5.74) is 3.97. The van der Waals surface area contributed by atoms with Crippen molar-refractivity contribution in [2.24, 2.45) is 0 Å². The maximum Gasteiger partial charge on any atom is 0.224 e. The molecule has 0 spiro atoms. The number of para-hydroxylation sites is 1. The smallest absolute Gasteiger partial charge is 0.224 e. The molecular weight excluding hydrogens is 288 g/mol. The summed E-state index contributed by atoms with van der Waals surface area (Å²) in [4.78, 5) is 15.4. The summed E-state index contributed by atoms with van der Waals surface area (Å²) in [6, 6.07) is 13.9. The van der Waals surface area contributed by atoms with E-state index in [1.54, 1.807) is 6.20 Å². The van der Waals surface area contributed by atoms with Crippen molar-refractivity contribution in [1.82, 2.24) is 15.2 Å². The highest BCUT2D eigenvalue weighted by atomic mass is 16.1. The standard InChI is InChI=1S/C18H16N4O/c23-18(21-14-7-5-13-11-20-22-17(13)9-14)8-6-12-10-19-16-4-2-1-3-15(12)16/h1-5,7,9-11,19H,6,8H2,(H,20,22)(H,21,23). The summed E-state index contributed by atoms with van der Waals surface area (Å²) in [6.07, 6.45) is 4.90. The SMILES string of the molecule is O=C(CCc1c[nH]c2ccccc12)Nc1ccc2cn[nH]c2c1. The number of amides is 1. The molecule has 0 saturated carbocycles. The van der Waals surface area contributed by atoms with E-state index >= 15 is 0 Å². The predicted molar refractivity (Wildman–Crippen MR) is 91.3 cm³/mol. The summed E-state index contributed by atoms with van der Waals surface area (Å²) in [6.45, 7) is 0. The summed E-state index contributed by atoms with van der Waals surface area (Å²) in [5, 5.41) is 12.0. The van der Waals surface area contributed by atoms with E-state index < -0.39 is 0 Å². The van der Waals surface area contributed by atoms with Gasteiger partial charge in [-0.05, 0) is 36.2 Å². The van der Waals surface area contributed by atoms with Crippen molar-refractivity contribution in [2.45, 2.75) is 12.8 Å². The first kappa shape index (κ1) is 13.6. The van der Waals surface area contributed by atoms with Crippen LogP contribution in [-0.4, -0.2) is 21.1 Å². The first-order valence-corrected chi connectivity index (χ1v) is 7.57. The molecule has 0 aliphatic rings. The molecule has 0 aliphatic heterocycles. The number of hydrogen-bond donors (Lipinski definition) is 3. The Morgan fingerprint density at radius 1 is 1.13 bits per heavy atom. The molecule has 4 aromatic rings. The van der Waals surface area contributed by atoms with Gasteiger partial charge in [-0.25, -0.2) is 0 Å². The Morgan fingerprint density at radius 3 is 3.00 bits per heavy atom. The monoisotopic (exact) mass is 304 g/mol. The van der Waals surface area contributed by atoms with Gasteiger partial charge in [0.1, 0.15) is 0 Å². The lowest BCUT2D eigenvalue weighted by molar-refractivity contribution is -0.116. The number of nitrogens with one attached hydrogen (secondary N) is 3. The fourth-order valence-electron chi connectivity index (χ4n) is 2.82. The highest BCUT2D eigenvalue weighted by Gasteiger charge is 2.07.